The minimum atomic E-state index is 0.300. The van der Waals surface area contributed by atoms with Crippen molar-refractivity contribution in [3.8, 4) is 0 Å². The third-order valence-electron chi connectivity index (χ3n) is 2.20. The van der Waals surface area contributed by atoms with Crippen molar-refractivity contribution >= 4 is 5.91 Å². The van der Waals surface area contributed by atoms with Crippen LogP contribution in [0.5, 0.6) is 0 Å². The van der Waals surface area contributed by atoms with Crippen molar-refractivity contribution in [2.24, 2.45) is 0 Å². The summed E-state index contributed by atoms with van der Waals surface area (Å²) in [6.07, 6.45) is 1.71. The number of hydrogen-bond acceptors (Lipinski definition) is 2. The zero-order valence-corrected chi connectivity index (χ0v) is 7.97. The Kier molecular flexibility index (Phi) is 3.53. The van der Waals surface area contributed by atoms with Crippen LogP contribution in [0.3, 0.4) is 0 Å². The molecule has 0 aliphatic carbocycles. The van der Waals surface area contributed by atoms with Crippen molar-refractivity contribution in [3.05, 3.63) is 0 Å². The van der Waals surface area contributed by atoms with Crippen molar-refractivity contribution in [1.82, 2.24) is 10.2 Å². The zero-order chi connectivity index (χ0) is 8.97. The van der Waals surface area contributed by atoms with E-state index in [1.165, 1.54) is 0 Å². The van der Waals surface area contributed by atoms with Crippen LogP contribution in [0.25, 0.3) is 0 Å². The van der Waals surface area contributed by atoms with E-state index in [-0.39, 0.29) is 0 Å². The molecule has 1 atom stereocenters. The number of carbonyl (C=O) groups excluding carboxylic acids is 1. The first-order valence-corrected chi connectivity index (χ1v) is 4.75. The molecule has 3 heteroatoms. The van der Waals surface area contributed by atoms with Gasteiger partial charge in [0.05, 0.1) is 0 Å². The lowest BCUT2D eigenvalue weighted by Gasteiger charge is -2.18. The lowest BCUT2D eigenvalue weighted by atomic mass is 10.2. The van der Waals surface area contributed by atoms with E-state index < -0.39 is 0 Å². The van der Waals surface area contributed by atoms with E-state index >= 15 is 0 Å². The van der Waals surface area contributed by atoms with Gasteiger partial charge < -0.3 is 10.2 Å². The van der Waals surface area contributed by atoms with Gasteiger partial charge in [-0.25, -0.2) is 0 Å². The minimum absolute atomic E-state index is 0.300. The molecule has 0 saturated carbocycles. The molecule has 1 aliphatic heterocycles. The van der Waals surface area contributed by atoms with Gasteiger partial charge in [-0.15, -0.1) is 0 Å². The highest BCUT2D eigenvalue weighted by Gasteiger charge is 2.18. The first kappa shape index (κ1) is 9.52. The zero-order valence-electron chi connectivity index (χ0n) is 7.97. The maximum atomic E-state index is 11.5. The van der Waals surface area contributed by atoms with Gasteiger partial charge in [0.2, 0.25) is 5.91 Å². The van der Waals surface area contributed by atoms with Gasteiger partial charge in [0.1, 0.15) is 0 Å². The summed E-state index contributed by atoms with van der Waals surface area (Å²) in [6.45, 7) is 6.89. The normalized spacial score (nSPS) is 25.7. The second-order valence-corrected chi connectivity index (χ2v) is 3.44. The summed E-state index contributed by atoms with van der Waals surface area (Å²) in [5.41, 5.74) is 0. The molecule has 1 saturated heterocycles. The van der Waals surface area contributed by atoms with Crippen LogP contribution in [0, 0.1) is 0 Å². The van der Waals surface area contributed by atoms with Gasteiger partial charge in [0, 0.05) is 32.1 Å². The SMILES string of the molecule is CCCN1CCNC(C)CC1=O. The van der Waals surface area contributed by atoms with Gasteiger partial charge in [0.15, 0.2) is 0 Å². The standard InChI is InChI=1S/C9H18N2O/c1-3-5-11-6-4-10-8(2)7-9(11)12/h8,10H,3-7H2,1-2H3. The lowest BCUT2D eigenvalue weighted by molar-refractivity contribution is -0.130. The molecule has 70 valence electrons. The Morgan fingerprint density at radius 2 is 2.42 bits per heavy atom. The first-order chi connectivity index (χ1) is 5.74. The summed E-state index contributed by atoms with van der Waals surface area (Å²) in [6, 6.07) is 0.347. The maximum absolute atomic E-state index is 11.5. The molecule has 0 radical (unpaired) electrons. The van der Waals surface area contributed by atoms with Crippen LogP contribution in [0.15, 0.2) is 0 Å². The lowest BCUT2D eigenvalue weighted by Crippen LogP contribution is -2.32. The molecule has 0 aromatic carbocycles. The number of carbonyl (C=O) groups is 1. The highest BCUT2D eigenvalue weighted by Crippen LogP contribution is 2.03. The molecule has 0 bridgehead atoms. The Morgan fingerprint density at radius 3 is 3.08 bits per heavy atom. The quantitative estimate of drug-likeness (QED) is 0.658. The Labute approximate surface area is 74.1 Å². The third-order valence-corrected chi connectivity index (χ3v) is 2.20. The van der Waals surface area contributed by atoms with Gasteiger partial charge in [-0.2, -0.15) is 0 Å². The number of hydrogen-bond donors (Lipinski definition) is 1. The summed E-state index contributed by atoms with van der Waals surface area (Å²) < 4.78 is 0. The molecular weight excluding hydrogens is 152 g/mol. The van der Waals surface area contributed by atoms with Gasteiger partial charge >= 0.3 is 0 Å². The Hall–Kier alpha value is -0.570. The molecule has 1 unspecified atom stereocenters. The third kappa shape index (κ3) is 2.48. The fraction of sp³-hybridized carbons (Fsp3) is 0.889. The summed E-state index contributed by atoms with van der Waals surface area (Å²) >= 11 is 0. The van der Waals surface area contributed by atoms with Crippen LogP contribution in [0.4, 0.5) is 0 Å². The van der Waals surface area contributed by atoms with Crippen LogP contribution in [-0.4, -0.2) is 36.5 Å². The maximum Gasteiger partial charge on any atom is 0.224 e. The van der Waals surface area contributed by atoms with E-state index in [9.17, 15) is 4.79 Å². The summed E-state index contributed by atoms with van der Waals surface area (Å²) in [5, 5.41) is 3.30. The van der Waals surface area contributed by atoms with Gasteiger partial charge in [-0.05, 0) is 13.3 Å². The number of nitrogens with zero attached hydrogens (tertiary/aromatic N) is 1. The molecule has 1 aliphatic rings. The second-order valence-electron chi connectivity index (χ2n) is 3.44. The van der Waals surface area contributed by atoms with Crippen molar-refractivity contribution in [3.63, 3.8) is 0 Å². The van der Waals surface area contributed by atoms with Crippen LogP contribution in [0.2, 0.25) is 0 Å². The first-order valence-electron chi connectivity index (χ1n) is 4.75. The molecule has 1 fully saturated rings. The topological polar surface area (TPSA) is 32.3 Å². The fourth-order valence-electron chi connectivity index (χ4n) is 1.54. The fourth-order valence-corrected chi connectivity index (χ4v) is 1.54. The molecule has 1 amide bonds. The van der Waals surface area contributed by atoms with Crippen molar-refractivity contribution in [2.75, 3.05) is 19.6 Å². The Bertz CT molecular complexity index is 159. The second kappa shape index (κ2) is 4.45. The largest absolute Gasteiger partial charge is 0.341 e. The molecule has 1 N–H and O–H groups in total. The number of rotatable bonds is 2. The predicted molar refractivity (Wildman–Crippen MR) is 49.0 cm³/mol. The van der Waals surface area contributed by atoms with Crippen LogP contribution >= 0.6 is 0 Å². The van der Waals surface area contributed by atoms with E-state index in [0.717, 1.165) is 26.1 Å². The van der Waals surface area contributed by atoms with Crippen LogP contribution in [-0.2, 0) is 4.79 Å². The van der Waals surface area contributed by atoms with Gasteiger partial charge in [-0.1, -0.05) is 6.92 Å². The molecule has 0 spiro atoms. The van der Waals surface area contributed by atoms with E-state index in [2.05, 4.69) is 19.2 Å². The minimum Gasteiger partial charge on any atom is -0.341 e. The predicted octanol–water partition coefficient (Wildman–Crippen LogP) is 0.607. The summed E-state index contributed by atoms with van der Waals surface area (Å²) in [5.74, 6) is 0.300. The average Bonchev–Trinajstić information content (AvgIpc) is 2.15. The molecule has 1 heterocycles. The number of nitrogens with one attached hydrogen (secondary N) is 1. The van der Waals surface area contributed by atoms with Crippen molar-refractivity contribution < 1.29 is 4.79 Å². The summed E-state index contributed by atoms with van der Waals surface area (Å²) in [7, 11) is 0. The van der Waals surface area contributed by atoms with E-state index in [4.69, 9.17) is 0 Å². The molecule has 1 rings (SSSR count). The monoisotopic (exact) mass is 170 g/mol. The van der Waals surface area contributed by atoms with E-state index in [0.29, 0.717) is 18.4 Å². The van der Waals surface area contributed by atoms with Gasteiger partial charge in [-0.3, -0.25) is 4.79 Å². The Morgan fingerprint density at radius 1 is 1.67 bits per heavy atom. The van der Waals surface area contributed by atoms with Gasteiger partial charge in [0.25, 0.3) is 0 Å². The highest BCUT2D eigenvalue weighted by atomic mass is 16.2. The number of amides is 1. The molecule has 0 aromatic rings. The molecule has 0 aromatic heterocycles. The molecular formula is C9H18N2O. The molecule has 12 heavy (non-hydrogen) atoms. The van der Waals surface area contributed by atoms with Crippen LogP contribution in [0.1, 0.15) is 26.7 Å². The van der Waals surface area contributed by atoms with Crippen molar-refractivity contribution in [1.29, 1.82) is 0 Å². The van der Waals surface area contributed by atoms with E-state index in [1.54, 1.807) is 0 Å². The smallest absolute Gasteiger partial charge is 0.224 e. The average molecular weight is 170 g/mol. The highest BCUT2D eigenvalue weighted by molar-refractivity contribution is 5.77. The molecule has 3 nitrogen and oxygen atoms in total. The van der Waals surface area contributed by atoms with E-state index in [1.807, 2.05) is 4.90 Å². The summed E-state index contributed by atoms with van der Waals surface area (Å²) in [4.78, 5) is 13.5. The van der Waals surface area contributed by atoms with Crippen LogP contribution < -0.4 is 5.32 Å². The Balaban J connectivity index is 2.46. The van der Waals surface area contributed by atoms with Crippen molar-refractivity contribution in [2.45, 2.75) is 32.7 Å².